The Morgan fingerprint density at radius 3 is 2.14 bits per heavy atom. The maximum absolute atomic E-state index is 10.9. The Morgan fingerprint density at radius 1 is 0.909 bits per heavy atom. The zero-order valence-electron chi connectivity index (χ0n) is 12.7. The Labute approximate surface area is 132 Å². The van der Waals surface area contributed by atoms with Gasteiger partial charge in [-0.1, -0.05) is 72.8 Å². The van der Waals surface area contributed by atoms with Gasteiger partial charge in [-0.3, -0.25) is 0 Å². The van der Waals surface area contributed by atoms with Gasteiger partial charge in [0.1, 0.15) is 0 Å². The summed E-state index contributed by atoms with van der Waals surface area (Å²) < 4.78 is 0. The third-order valence-electron chi connectivity index (χ3n) is 4.26. The molecule has 0 heterocycles. The summed E-state index contributed by atoms with van der Waals surface area (Å²) in [5, 5.41) is 14.5. The lowest BCUT2D eigenvalue weighted by atomic mass is 9.93. The normalized spacial score (nSPS) is 20.5. The second kappa shape index (κ2) is 7.39. The maximum Gasteiger partial charge on any atom is 0.0984 e. The molecule has 3 atom stereocenters. The molecule has 2 nitrogen and oxygen atoms in total. The molecule has 0 spiro atoms. The molecule has 0 aliphatic heterocycles. The van der Waals surface area contributed by atoms with E-state index in [9.17, 15) is 5.11 Å². The first-order chi connectivity index (χ1) is 10.8. The fraction of sp³-hybridized carbons (Fsp3) is 0.300. The van der Waals surface area contributed by atoms with E-state index in [1.807, 2.05) is 48.5 Å². The highest BCUT2D eigenvalue weighted by atomic mass is 16.3. The van der Waals surface area contributed by atoms with Crippen LogP contribution in [-0.4, -0.2) is 11.1 Å². The van der Waals surface area contributed by atoms with Crippen molar-refractivity contribution >= 4 is 0 Å². The number of hydrogen-bond donors (Lipinski definition) is 2. The molecule has 2 aromatic rings. The average molecular weight is 293 g/mol. The number of benzene rings is 2. The minimum absolute atomic E-state index is 0.101. The Balaban J connectivity index is 1.85. The predicted molar refractivity (Wildman–Crippen MR) is 90.5 cm³/mol. The monoisotopic (exact) mass is 293 g/mol. The first-order valence-electron chi connectivity index (χ1n) is 8.05. The van der Waals surface area contributed by atoms with Crippen molar-refractivity contribution < 1.29 is 5.11 Å². The average Bonchev–Trinajstić information content (AvgIpc) is 2.61. The molecule has 2 heteroatoms. The standard InChI is InChI=1S/C20H23NO/c22-20(17-12-6-2-7-13-17)19(16-10-4-1-5-11-16)21-18-14-8-3-9-15-18/h1-2,4-8,10-14,18-22H,3,9,15H2/t18-,19+,20+/m1/s1. The molecule has 0 unspecified atom stereocenters. The summed E-state index contributed by atoms with van der Waals surface area (Å²) in [6.07, 6.45) is 7.40. The van der Waals surface area contributed by atoms with E-state index in [1.165, 1.54) is 6.42 Å². The molecule has 2 aromatic carbocycles. The van der Waals surface area contributed by atoms with Crippen LogP contribution < -0.4 is 5.32 Å². The topological polar surface area (TPSA) is 32.3 Å². The van der Waals surface area contributed by atoms with Gasteiger partial charge in [0.05, 0.1) is 12.1 Å². The molecule has 3 rings (SSSR count). The van der Waals surface area contributed by atoms with Crippen molar-refractivity contribution in [2.75, 3.05) is 0 Å². The van der Waals surface area contributed by atoms with Crippen LogP contribution in [-0.2, 0) is 0 Å². The van der Waals surface area contributed by atoms with Crippen molar-refractivity contribution in [3.8, 4) is 0 Å². The van der Waals surface area contributed by atoms with E-state index in [0.29, 0.717) is 6.04 Å². The molecule has 114 valence electrons. The van der Waals surface area contributed by atoms with Gasteiger partial charge in [-0.25, -0.2) is 0 Å². The first kappa shape index (κ1) is 15.0. The molecule has 1 aliphatic rings. The molecular weight excluding hydrogens is 270 g/mol. The molecule has 0 radical (unpaired) electrons. The van der Waals surface area contributed by atoms with Crippen molar-refractivity contribution in [3.05, 3.63) is 83.9 Å². The lowest BCUT2D eigenvalue weighted by Gasteiger charge is -2.30. The van der Waals surface area contributed by atoms with E-state index in [1.54, 1.807) is 0 Å². The fourth-order valence-electron chi connectivity index (χ4n) is 3.05. The van der Waals surface area contributed by atoms with Crippen molar-refractivity contribution in [2.45, 2.75) is 37.5 Å². The summed E-state index contributed by atoms with van der Waals surface area (Å²) in [7, 11) is 0. The van der Waals surface area contributed by atoms with Gasteiger partial charge in [0.15, 0.2) is 0 Å². The van der Waals surface area contributed by atoms with Crippen LogP contribution in [0.3, 0.4) is 0 Å². The highest BCUT2D eigenvalue weighted by Gasteiger charge is 2.24. The summed E-state index contributed by atoms with van der Waals surface area (Å²) in [6, 6.07) is 20.3. The SMILES string of the molecule is O[C@@H](c1ccccc1)[C@@H](N[C@@H]1C=CCCC1)c1ccccc1. The van der Waals surface area contributed by atoms with Crippen LogP contribution in [0.15, 0.2) is 72.8 Å². The molecule has 0 saturated heterocycles. The van der Waals surface area contributed by atoms with Crippen LogP contribution in [0.25, 0.3) is 0 Å². The summed E-state index contributed by atoms with van der Waals surface area (Å²) in [6.45, 7) is 0. The van der Waals surface area contributed by atoms with E-state index < -0.39 is 6.10 Å². The summed E-state index contributed by atoms with van der Waals surface area (Å²) in [4.78, 5) is 0. The van der Waals surface area contributed by atoms with Gasteiger partial charge in [-0.2, -0.15) is 0 Å². The first-order valence-corrected chi connectivity index (χ1v) is 8.05. The van der Waals surface area contributed by atoms with Gasteiger partial charge in [0, 0.05) is 6.04 Å². The van der Waals surface area contributed by atoms with Gasteiger partial charge < -0.3 is 10.4 Å². The lowest BCUT2D eigenvalue weighted by molar-refractivity contribution is 0.123. The van der Waals surface area contributed by atoms with E-state index in [4.69, 9.17) is 0 Å². The Hall–Kier alpha value is -1.90. The number of nitrogens with one attached hydrogen (secondary N) is 1. The zero-order valence-corrected chi connectivity index (χ0v) is 12.7. The van der Waals surface area contributed by atoms with Crippen molar-refractivity contribution in [1.29, 1.82) is 0 Å². The summed E-state index contributed by atoms with van der Waals surface area (Å²) >= 11 is 0. The third-order valence-corrected chi connectivity index (χ3v) is 4.26. The van der Waals surface area contributed by atoms with Gasteiger partial charge >= 0.3 is 0 Å². The number of aliphatic hydroxyl groups is 1. The van der Waals surface area contributed by atoms with Crippen LogP contribution >= 0.6 is 0 Å². The number of hydrogen-bond acceptors (Lipinski definition) is 2. The highest BCUT2D eigenvalue weighted by Crippen LogP contribution is 2.30. The molecule has 0 amide bonds. The van der Waals surface area contributed by atoms with Crippen LogP contribution in [0.4, 0.5) is 0 Å². The zero-order chi connectivity index (χ0) is 15.2. The molecule has 2 N–H and O–H groups in total. The second-order valence-electron chi connectivity index (χ2n) is 5.88. The fourth-order valence-corrected chi connectivity index (χ4v) is 3.05. The van der Waals surface area contributed by atoms with Crippen LogP contribution in [0.5, 0.6) is 0 Å². The Kier molecular flexibility index (Phi) is 5.04. The number of aliphatic hydroxyl groups excluding tert-OH is 1. The summed E-state index contributed by atoms with van der Waals surface area (Å²) in [5.74, 6) is 0. The van der Waals surface area contributed by atoms with E-state index >= 15 is 0 Å². The van der Waals surface area contributed by atoms with Crippen molar-refractivity contribution in [2.24, 2.45) is 0 Å². The number of allylic oxidation sites excluding steroid dienone is 1. The highest BCUT2D eigenvalue weighted by molar-refractivity contribution is 5.26. The van der Waals surface area contributed by atoms with E-state index in [2.05, 4.69) is 29.6 Å². The molecule has 0 saturated carbocycles. The van der Waals surface area contributed by atoms with E-state index in [0.717, 1.165) is 24.0 Å². The molecule has 22 heavy (non-hydrogen) atoms. The van der Waals surface area contributed by atoms with Crippen molar-refractivity contribution in [1.82, 2.24) is 5.32 Å². The van der Waals surface area contributed by atoms with E-state index in [-0.39, 0.29) is 6.04 Å². The lowest BCUT2D eigenvalue weighted by Crippen LogP contribution is -2.35. The molecular formula is C20H23NO. The number of rotatable bonds is 5. The Morgan fingerprint density at radius 2 is 1.55 bits per heavy atom. The van der Waals surface area contributed by atoms with Crippen LogP contribution in [0.2, 0.25) is 0 Å². The van der Waals surface area contributed by atoms with Gasteiger partial charge in [0.25, 0.3) is 0 Å². The smallest absolute Gasteiger partial charge is 0.0984 e. The molecule has 0 aromatic heterocycles. The van der Waals surface area contributed by atoms with Crippen LogP contribution in [0.1, 0.15) is 42.5 Å². The van der Waals surface area contributed by atoms with Crippen LogP contribution in [0, 0.1) is 0 Å². The maximum atomic E-state index is 10.9. The van der Waals surface area contributed by atoms with Gasteiger partial charge in [-0.05, 0) is 30.4 Å². The third kappa shape index (κ3) is 3.65. The van der Waals surface area contributed by atoms with Gasteiger partial charge in [-0.15, -0.1) is 0 Å². The molecule has 0 fully saturated rings. The Bertz CT molecular complexity index is 594. The summed E-state index contributed by atoms with van der Waals surface area (Å²) in [5.41, 5.74) is 2.07. The minimum Gasteiger partial charge on any atom is -0.386 e. The van der Waals surface area contributed by atoms with Crippen molar-refractivity contribution in [3.63, 3.8) is 0 Å². The quantitative estimate of drug-likeness (QED) is 0.811. The second-order valence-corrected chi connectivity index (χ2v) is 5.88. The van der Waals surface area contributed by atoms with Gasteiger partial charge in [0.2, 0.25) is 0 Å². The molecule has 0 bridgehead atoms. The predicted octanol–water partition coefficient (Wildman–Crippen LogP) is 4.16. The minimum atomic E-state index is -0.557. The molecule has 1 aliphatic carbocycles. The largest absolute Gasteiger partial charge is 0.386 e.